The minimum Gasteiger partial charge on any atom is -0.443 e. The summed E-state index contributed by atoms with van der Waals surface area (Å²) in [6.07, 6.45) is -5.67. The molecule has 0 unspecified atom stereocenters. The van der Waals surface area contributed by atoms with Gasteiger partial charge < -0.3 is 13.8 Å². The number of amides is 1. The van der Waals surface area contributed by atoms with Gasteiger partial charge in [-0.2, -0.15) is 27.2 Å². The lowest BCUT2D eigenvalue weighted by Crippen LogP contribution is -2.38. The summed E-state index contributed by atoms with van der Waals surface area (Å²) in [7, 11) is -2.71. The third-order valence-electron chi connectivity index (χ3n) is 4.74. The highest BCUT2D eigenvalue weighted by atomic mass is 31.2. The van der Waals surface area contributed by atoms with Gasteiger partial charge in [0.2, 0.25) is 0 Å². The normalized spacial score (nSPS) is 12.6. The number of carbonyl (C=O) groups is 1. The lowest BCUT2D eigenvalue weighted by molar-refractivity contribution is -0.135. The average molecular weight is 549 g/mol. The number of alkyl halides is 5. The first-order chi connectivity index (χ1) is 17.1. The lowest BCUT2D eigenvalue weighted by atomic mass is 10.0. The number of ether oxygens (including phenoxy) is 1. The van der Waals surface area contributed by atoms with Crippen LogP contribution in [-0.4, -0.2) is 42.6 Å². The standard InChI is InChI=1S/C24H29F5N3O4P/c1-6-34-37(35-7-2)24(28,29)19-12-16-13-20(31-15-18(16)11-17(19)14-30)32(10-8-9-23(25,26)27)21(33)36-22(3,4)5/h11-13,15H,6-10H2,1-5H3. The van der Waals surface area contributed by atoms with E-state index in [0.29, 0.717) is 5.39 Å². The predicted octanol–water partition coefficient (Wildman–Crippen LogP) is 7.62. The minimum atomic E-state index is -4.43. The van der Waals surface area contributed by atoms with E-state index < -0.39 is 50.3 Å². The van der Waals surface area contributed by atoms with Crippen LogP contribution >= 0.6 is 8.38 Å². The first-order valence-corrected chi connectivity index (χ1v) is 12.7. The maximum Gasteiger partial charge on any atom is 0.416 e. The summed E-state index contributed by atoms with van der Waals surface area (Å²) in [6.45, 7) is 7.43. The summed E-state index contributed by atoms with van der Waals surface area (Å²) in [5.41, 5.74) is -5.54. The van der Waals surface area contributed by atoms with E-state index in [1.165, 1.54) is 32.2 Å². The Balaban J connectivity index is 2.58. The Kier molecular flexibility index (Phi) is 10.2. The summed E-state index contributed by atoms with van der Waals surface area (Å²) < 4.78 is 84.6. The number of anilines is 1. The van der Waals surface area contributed by atoms with Crippen LogP contribution in [0.5, 0.6) is 0 Å². The van der Waals surface area contributed by atoms with Crippen LogP contribution in [0.15, 0.2) is 24.4 Å². The van der Waals surface area contributed by atoms with Crippen LogP contribution in [-0.2, 0) is 19.4 Å². The van der Waals surface area contributed by atoms with Gasteiger partial charge >= 0.3 is 17.9 Å². The van der Waals surface area contributed by atoms with Crippen LogP contribution in [0.3, 0.4) is 0 Å². The minimum absolute atomic E-state index is 0.0341. The van der Waals surface area contributed by atoms with Crippen LogP contribution in [0.2, 0.25) is 0 Å². The van der Waals surface area contributed by atoms with Crippen molar-refractivity contribution in [3.63, 3.8) is 0 Å². The molecule has 204 valence electrons. The van der Waals surface area contributed by atoms with Gasteiger partial charge in [-0.15, -0.1) is 0 Å². The molecule has 0 N–H and O–H groups in total. The molecule has 0 fully saturated rings. The van der Waals surface area contributed by atoms with Crippen molar-refractivity contribution in [1.82, 2.24) is 4.98 Å². The fourth-order valence-electron chi connectivity index (χ4n) is 3.26. The summed E-state index contributed by atoms with van der Waals surface area (Å²) >= 11 is 0. The molecule has 0 aliphatic rings. The Morgan fingerprint density at radius 2 is 1.68 bits per heavy atom. The maximum absolute atomic E-state index is 15.4. The van der Waals surface area contributed by atoms with E-state index >= 15 is 8.78 Å². The lowest BCUT2D eigenvalue weighted by Gasteiger charge is -2.27. The second kappa shape index (κ2) is 12.3. The van der Waals surface area contributed by atoms with Crippen LogP contribution in [0.1, 0.15) is 58.6 Å². The number of carbonyl (C=O) groups excluding carboxylic acids is 1. The number of hydrogen-bond acceptors (Lipinski definition) is 6. The van der Waals surface area contributed by atoms with E-state index in [0.717, 1.165) is 11.0 Å². The fraction of sp³-hybridized carbons (Fsp3) is 0.542. The predicted molar refractivity (Wildman–Crippen MR) is 129 cm³/mol. The van der Waals surface area contributed by atoms with E-state index in [1.807, 2.05) is 0 Å². The van der Waals surface area contributed by atoms with Gasteiger partial charge in [-0.1, -0.05) is 0 Å². The molecule has 0 saturated heterocycles. The van der Waals surface area contributed by atoms with Gasteiger partial charge in [0.25, 0.3) is 8.38 Å². The van der Waals surface area contributed by atoms with Crippen molar-refractivity contribution in [2.24, 2.45) is 0 Å². The number of halogens is 5. The molecule has 37 heavy (non-hydrogen) atoms. The number of hydrogen-bond donors (Lipinski definition) is 0. The second-order valence-corrected chi connectivity index (χ2v) is 10.5. The Hall–Kier alpha value is -2.61. The summed E-state index contributed by atoms with van der Waals surface area (Å²) in [5, 5.41) is 10.0. The molecule has 0 spiro atoms. The molecule has 0 bridgehead atoms. The molecule has 1 aromatic carbocycles. The molecule has 0 radical (unpaired) electrons. The summed E-state index contributed by atoms with van der Waals surface area (Å²) in [4.78, 5) is 17.9. The first-order valence-electron chi connectivity index (χ1n) is 11.5. The first kappa shape index (κ1) is 30.6. The average Bonchev–Trinajstić information content (AvgIpc) is 2.78. The van der Waals surface area contributed by atoms with Gasteiger partial charge in [-0.25, -0.2) is 9.78 Å². The van der Waals surface area contributed by atoms with Gasteiger partial charge in [0.05, 0.1) is 24.8 Å². The Labute approximate surface area is 213 Å². The zero-order valence-electron chi connectivity index (χ0n) is 21.2. The third kappa shape index (κ3) is 8.45. The van der Waals surface area contributed by atoms with Crippen LogP contribution in [0.25, 0.3) is 10.8 Å². The smallest absolute Gasteiger partial charge is 0.416 e. The Morgan fingerprint density at radius 3 is 2.19 bits per heavy atom. The number of fused-ring (bicyclic) bond motifs is 1. The number of rotatable bonds is 10. The van der Waals surface area contributed by atoms with E-state index in [9.17, 15) is 23.2 Å². The monoisotopic (exact) mass is 549 g/mol. The van der Waals surface area contributed by atoms with Gasteiger partial charge in [-0.3, -0.25) is 4.90 Å². The fourth-order valence-corrected chi connectivity index (χ4v) is 4.51. The molecular formula is C24H29F5N3O4P. The third-order valence-corrected chi connectivity index (χ3v) is 6.43. The summed E-state index contributed by atoms with van der Waals surface area (Å²) in [5.74, 6) is -0.0835. The largest absolute Gasteiger partial charge is 0.443 e. The Morgan fingerprint density at radius 1 is 1.05 bits per heavy atom. The SMILES string of the molecule is CCOP(OCC)C(F)(F)c1cc2cc(N(CCCC(F)(F)F)C(=O)OC(C)(C)C)ncc2cc1C#N. The van der Waals surface area contributed by atoms with Crippen molar-refractivity contribution >= 4 is 31.1 Å². The molecule has 13 heteroatoms. The van der Waals surface area contributed by atoms with Crippen LogP contribution < -0.4 is 4.90 Å². The van der Waals surface area contributed by atoms with Crippen molar-refractivity contribution in [1.29, 1.82) is 5.26 Å². The maximum atomic E-state index is 15.4. The highest BCUT2D eigenvalue weighted by molar-refractivity contribution is 7.48. The van der Waals surface area contributed by atoms with Crippen molar-refractivity contribution in [2.45, 2.75) is 64.9 Å². The number of pyridine rings is 1. The van der Waals surface area contributed by atoms with E-state index in [1.54, 1.807) is 26.8 Å². The molecule has 0 saturated carbocycles. The quantitative estimate of drug-likeness (QED) is 0.224. The molecule has 2 rings (SSSR count). The highest BCUT2D eigenvalue weighted by Crippen LogP contribution is 2.60. The number of aromatic nitrogens is 1. The molecule has 0 aliphatic carbocycles. The number of nitriles is 1. The van der Waals surface area contributed by atoms with Crippen molar-refractivity contribution in [2.75, 3.05) is 24.7 Å². The molecule has 7 nitrogen and oxygen atoms in total. The highest BCUT2D eigenvalue weighted by Gasteiger charge is 2.46. The molecule has 1 heterocycles. The topological polar surface area (TPSA) is 84.7 Å². The summed E-state index contributed by atoms with van der Waals surface area (Å²) in [6, 6.07) is 5.35. The molecule has 2 aromatic rings. The van der Waals surface area contributed by atoms with Gasteiger partial charge in [0.1, 0.15) is 11.4 Å². The molecule has 0 atom stereocenters. The second-order valence-electron chi connectivity index (χ2n) is 8.88. The molecule has 1 amide bonds. The van der Waals surface area contributed by atoms with Crippen molar-refractivity contribution in [3.8, 4) is 6.07 Å². The molecule has 1 aromatic heterocycles. The Bertz CT molecular complexity index is 1130. The van der Waals surface area contributed by atoms with Gasteiger partial charge in [0, 0.05) is 30.1 Å². The van der Waals surface area contributed by atoms with Crippen molar-refractivity contribution < 1.29 is 40.5 Å². The number of nitrogens with zero attached hydrogens (tertiary/aromatic N) is 3. The van der Waals surface area contributed by atoms with Crippen LogP contribution in [0.4, 0.5) is 32.6 Å². The van der Waals surface area contributed by atoms with Crippen LogP contribution in [0, 0.1) is 11.3 Å². The van der Waals surface area contributed by atoms with Gasteiger partial charge in [-0.05, 0) is 64.6 Å². The van der Waals surface area contributed by atoms with E-state index in [4.69, 9.17) is 13.8 Å². The van der Waals surface area contributed by atoms with E-state index in [2.05, 4.69) is 4.98 Å². The zero-order chi connectivity index (χ0) is 28.0. The van der Waals surface area contributed by atoms with Crippen molar-refractivity contribution in [3.05, 3.63) is 35.5 Å². The zero-order valence-corrected chi connectivity index (χ0v) is 22.1. The van der Waals surface area contributed by atoms with Gasteiger partial charge in [0.15, 0.2) is 0 Å². The van der Waals surface area contributed by atoms with E-state index in [-0.39, 0.29) is 36.5 Å². The molecule has 0 aliphatic heterocycles. The number of benzene rings is 1. The molecular weight excluding hydrogens is 520 g/mol.